The van der Waals surface area contributed by atoms with Gasteiger partial charge in [0.1, 0.15) is 17.1 Å². The molecule has 0 aliphatic carbocycles. The van der Waals surface area contributed by atoms with E-state index in [1.807, 2.05) is 31.2 Å². The number of aromatic carboxylic acids is 1. The average molecular weight is 394 g/mol. The van der Waals surface area contributed by atoms with E-state index in [0.717, 1.165) is 16.5 Å². The van der Waals surface area contributed by atoms with E-state index in [0.29, 0.717) is 17.9 Å². The maximum Gasteiger partial charge on any atom is 0.339 e. The van der Waals surface area contributed by atoms with Crippen molar-refractivity contribution in [1.82, 2.24) is 5.32 Å². The molecular weight excluding hydrogens is 374 g/mol. The van der Waals surface area contributed by atoms with Gasteiger partial charge in [0.15, 0.2) is 0 Å². The van der Waals surface area contributed by atoms with Crippen LogP contribution in [0.3, 0.4) is 0 Å². The summed E-state index contributed by atoms with van der Waals surface area (Å²) in [5, 5.41) is 11.8. The van der Waals surface area contributed by atoms with Gasteiger partial charge in [0.05, 0.1) is 6.54 Å². The van der Waals surface area contributed by atoms with Crippen molar-refractivity contribution >= 4 is 27.8 Å². The molecule has 2 rings (SSSR count). The Kier molecular flexibility index (Phi) is 6.20. The highest BCUT2D eigenvalue weighted by Gasteiger charge is 2.19. The third-order valence-corrected chi connectivity index (χ3v) is 4.36. The summed E-state index contributed by atoms with van der Waals surface area (Å²) in [6, 6.07) is 9.35. The summed E-state index contributed by atoms with van der Waals surface area (Å²) in [5.41, 5.74) is 1.22. The van der Waals surface area contributed by atoms with Crippen molar-refractivity contribution in [2.24, 2.45) is 5.92 Å². The van der Waals surface area contributed by atoms with Gasteiger partial charge in [-0.05, 0) is 43.5 Å². The lowest BCUT2D eigenvalue weighted by atomic mass is 9.96. The smallest absolute Gasteiger partial charge is 0.339 e. The number of carboxylic acid groups (broad SMARTS) is 1. The molecule has 0 saturated carbocycles. The van der Waals surface area contributed by atoms with Gasteiger partial charge < -0.3 is 14.8 Å². The zero-order valence-electron chi connectivity index (χ0n) is 13.6. The number of halogens is 1. The molecule has 0 aliphatic rings. The Labute approximate surface area is 149 Å². The Balaban J connectivity index is 1.97. The van der Waals surface area contributed by atoms with E-state index < -0.39 is 5.97 Å². The van der Waals surface area contributed by atoms with Crippen LogP contribution in [0.2, 0.25) is 0 Å². The zero-order valence-corrected chi connectivity index (χ0v) is 15.2. The summed E-state index contributed by atoms with van der Waals surface area (Å²) < 4.78 is 6.36. The van der Waals surface area contributed by atoms with Gasteiger partial charge >= 0.3 is 5.97 Å². The molecule has 5 nitrogen and oxygen atoms in total. The summed E-state index contributed by atoms with van der Waals surface area (Å²) in [7, 11) is 0. The van der Waals surface area contributed by atoms with Crippen molar-refractivity contribution in [2.45, 2.75) is 33.2 Å². The van der Waals surface area contributed by atoms with Crippen LogP contribution in [0.1, 0.15) is 40.8 Å². The molecule has 1 aromatic heterocycles. The second-order valence-corrected chi connectivity index (χ2v) is 6.56. The number of carbonyl (C=O) groups excluding carboxylic acids is 1. The molecule has 0 bridgehead atoms. The highest BCUT2D eigenvalue weighted by molar-refractivity contribution is 9.10. The minimum atomic E-state index is -1.03. The molecule has 1 atom stereocenters. The predicted molar refractivity (Wildman–Crippen MR) is 93.9 cm³/mol. The van der Waals surface area contributed by atoms with Crippen molar-refractivity contribution in [3.05, 3.63) is 57.5 Å². The first-order valence-corrected chi connectivity index (χ1v) is 8.54. The van der Waals surface area contributed by atoms with Crippen molar-refractivity contribution in [3.8, 4) is 0 Å². The summed E-state index contributed by atoms with van der Waals surface area (Å²) in [6.07, 6.45) is 1.37. The van der Waals surface area contributed by atoms with E-state index in [1.54, 1.807) is 6.92 Å². The Hall–Kier alpha value is -2.08. The molecule has 1 amide bonds. The molecule has 6 heteroatoms. The van der Waals surface area contributed by atoms with Gasteiger partial charge in [0.25, 0.3) is 0 Å². The number of aryl methyl sites for hydroxylation is 1. The van der Waals surface area contributed by atoms with Crippen LogP contribution in [-0.2, 0) is 17.8 Å². The number of amides is 1. The number of hydrogen-bond acceptors (Lipinski definition) is 3. The van der Waals surface area contributed by atoms with E-state index in [2.05, 4.69) is 21.2 Å². The van der Waals surface area contributed by atoms with Crippen molar-refractivity contribution < 1.29 is 19.1 Å². The van der Waals surface area contributed by atoms with Crippen molar-refractivity contribution in [2.75, 3.05) is 0 Å². The van der Waals surface area contributed by atoms with Gasteiger partial charge in [-0.1, -0.05) is 35.0 Å². The first-order valence-electron chi connectivity index (χ1n) is 7.75. The highest BCUT2D eigenvalue weighted by atomic mass is 79.9. The van der Waals surface area contributed by atoms with Gasteiger partial charge in [-0.25, -0.2) is 4.79 Å². The lowest BCUT2D eigenvalue weighted by Gasteiger charge is -2.14. The third kappa shape index (κ3) is 4.71. The molecule has 1 unspecified atom stereocenters. The summed E-state index contributed by atoms with van der Waals surface area (Å²) in [4.78, 5) is 23.4. The number of carbonyl (C=O) groups is 2. The molecule has 0 fully saturated rings. The summed E-state index contributed by atoms with van der Waals surface area (Å²) in [6.45, 7) is 3.75. The van der Waals surface area contributed by atoms with Gasteiger partial charge in [-0.15, -0.1) is 0 Å². The maximum absolute atomic E-state index is 12.4. The molecule has 24 heavy (non-hydrogen) atoms. The number of furan rings is 1. The molecule has 1 aromatic carbocycles. The third-order valence-electron chi connectivity index (χ3n) is 3.87. The number of rotatable bonds is 7. The normalized spacial score (nSPS) is 12.0. The lowest BCUT2D eigenvalue weighted by Crippen LogP contribution is -2.31. The van der Waals surface area contributed by atoms with E-state index in [9.17, 15) is 9.59 Å². The molecule has 0 aliphatic heterocycles. The highest BCUT2D eigenvalue weighted by Crippen LogP contribution is 2.18. The van der Waals surface area contributed by atoms with Gasteiger partial charge in [-0.3, -0.25) is 4.79 Å². The predicted octanol–water partition coefficient (Wildman–Crippen LogP) is 3.93. The van der Waals surface area contributed by atoms with E-state index in [4.69, 9.17) is 9.52 Å². The van der Waals surface area contributed by atoms with Crippen LogP contribution in [0.15, 0.2) is 39.2 Å². The number of carboxylic acids is 1. The first-order chi connectivity index (χ1) is 11.4. The maximum atomic E-state index is 12.4. The SMILES string of the molecule is CCC(Cc1cccc(Br)c1)C(=O)NCc1cc(C(=O)O)c(C)o1. The molecule has 0 radical (unpaired) electrons. The summed E-state index contributed by atoms with van der Waals surface area (Å²) in [5.74, 6) is -0.462. The Morgan fingerprint density at radius 3 is 2.67 bits per heavy atom. The second-order valence-electron chi connectivity index (χ2n) is 5.64. The molecule has 2 aromatic rings. The molecule has 2 N–H and O–H groups in total. The molecule has 0 spiro atoms. The van der Waals surface area contributed by atoms with Gasteiger partial charge in [0.2, 0.25) is 5.91 Å². The molecule has 128 valence electrons. The van der Waals surface area contributed by atoms with Crippen LogP contribution in [-0.4, -0.2) is 17.0 Å². The quantitative estimate of drug-likeness (QED) is 0.746. The zero-order chi connectivity index (χ0) is 17.7. The fourth-order valence-corrected chi connectivity index (χ4v) is 2.98. The fourth-order valence-electron chi connectivity index (χ4n) is 2.53. The Morgan fingerprint density at radius 1 is 1.33 bits per heavy atom. The summed E-state index contributed by atoms with van der Waals surface area (Å²) >= 11 is 3.43. The van der Waals surface area contributed by atoms with Crippen LogP contribution < -0.4 is 5.32 Å². The largest absolute Gasteiger partial charge is 0.478 e. The second kappa shape index (κ2) is 8.15. The minimum Gasteiger partial charge on any atom is -0.478 e. The standard InChI is InChI=1S/C18H20BrNO4/c1-3-13(7-12-5-4-6-14(19)8-12)17(21)20-10-15-9-16(18(22)23)11(2)24-15/h4-6,8-9,13H,3,7,10H2,1-2H3,(H,20,21)(H,22,23). The topological polar surface area (TPSA) is 79.5 Å². The van der Waals surface area contributed by atoms with Gasteiger partial charge in [0, 0.05) is 10.4 Å². The molecule has 0 saturated heterocycles. The number of benzene rings is 1. The van der Waals surface area contributed by atoms with Crippen molar-refractivity contribution in [3.63, 3.8) is 0 Å². The van der Waals surface area contributed by atoms with Gasteiger partial charge in [-0.2, -0.15) is 0 Å². The Morgan fingerprint density at radius 2 is 2.08 bits per heavy atom. The number of hydrogen-bond donors (Lipinski definition) is 2. The minimum absolute atomic E-state index is 0.0663. The van der Waals surface area contributed by atoms with Crippen LogP contribution in [0.4, 0.5) is 0 Å². The number of nitrogens with one attached hydrogen (secondary N) is 1. The van der Waals surface area contributed by atoms with Crippen LogP contribution in [0.5, 0.6) is 0 Å². The average Bonchev–Trinajstić information content (AvgIpc) is 2.91. The van der Waals surface area contributed by atoms with Crippen LogP contribution in [0.25, 0.3) is 0 Å². The molecular formula is C18H20BrNO4. The van der Waals surface area contributed by atoms with Crippen LogP contribution >= 0.6 is 15.9 Å². The Bertz CT molecular complexity index is 738. The first kappa shape index (κ1) is 18.3. The van der Waals surface area contributed by atoms with E-state index in [-0.39, 0.29) is 23.9 Å². The van der Waals surface area contributed by atoms with Crippen LogP contribution in [0, 0.1) is 12.8 Å². The van der Waals surface area contributed by atoms with E-state index >= 15 is 0 Å². The van der Waals surface area contributed by atoms with Crippen molar-refractivity contribution in [1.29, 1.82) is 0 Å². The fraction of sp³-hybridized carbons (Fsp3) is 0.333. The lowest BCUT2D eigenvalue weighted by molar-refractivity contribution is -0.125. The monoisotopic (exact) mass is 393 g/mol. The van der Waals surface area contributed by atoms with E-state index in [1.165, 1.54) is 6.07 Å². The molecule has 1 heterocycles.